The molecule has 1 unspecified atom stereocenters. The van der Waals surface area contributed by atoms with Gasteiger partial charge in [0, 0.05) is 24.7 Å². The van der Waals surface area contributed by atoms with Gasteiger partial charge >= 0.3 is 0 Å². The van der Waals surface area contributed by atoms with Crippen molar-refractivity contribution in [2.24, 2.45) is 0 Å². The van der Waals surface area contributed by atoms with Gasteiger partial charge in [0.2, 0.25) is 0 Å². The van der Waals surface area contributed by atoms with E-state index in [4.69, 9.17) is 4.74 Å². The van der Waals surface area contributed by atoms with Crippen LogP contribution >= 0.6 is 0 Å². The molecule has 17 heavy (non-hydrogen) atoms. The molecule has 1 fully saturated rings. The van der Waals surface area contributed by atoms with Gasteiger partial charge in [-0.2, -0.15) is 0 Å². The van der Waals surface area contributed by atoms with Crippen molar-refractivity contribution in [3.8, 4) is 5.75 Å². The van der Waals surface area contributed by atoms with Crippen LogP contribution < -0.4 is 15.4 Å². The van der Waals surface area contributed by atoms with Gasteiger partial charge in [0.05, 0.1) is 12.0 Å². The number of nitro groups is 1. The van der Waals surface area contributed by atoms with Gasteiger partial charge in [0.25, 0.3) is 5.69 Å². The number of nitrogens with one attached hydrogen (secondary N) is 2. The quantitative estimate of drug-likeness (QED) is 0.611. The first-order chi connectivity index (χ1) is 8.20. The van der Waals surface area contributed by atoms with Crippen LogP contribution in [-0.4, -0.2) is 31.2 Å². The molecule has 0 aliphatic carbocycles. The summed E-state index contributed by atoms with van der Waals surface area (Å²) in [6.45, 7) is 1.77. The molecule has 1 atom stereocenters. The zero-order chi connectivity index (χ0) is 12.3. The Morgan fingerprint density at radius 2 is 2.41 bits per heavy atom. The highest BCUT2D eigenvalue weighted by Gasteiger charge is 2.20. The molecule has 1 aliphatic rings. The SMILES string of the molecule is COc1ccc([N+](=O)[O-])c(NC2CCNC2)c1. The summed E-state index contributed by atoms with van der Waals surface area (Å²) in [4.78, 5) is 10.5. The fourth-order valence-electron chi connectivity index (χ4n) is 1.91. The van der Waals surface area contributed by atoms with E-state index in [1.54, 1.807) is 19.2 Å². The maximum atomic E-state index is 10.9. The van der Waals surface area contributed by atoms with Crippen LogP contribution in [-0.2, 0) is 0 Å². The van der Waals surface area contributed by atoms with Crippen LogP contribution in [0.3, 0.4) is 0 Å². The van der Waals surface area contributed by atoms with Gasteiger partial charge in [-0.25, -0.2) is 0 Å². The number of rotatable bonds is 4. The zero-order valence-corrected chi connectivity index (χ0v) is 9.60. The van der Waals surface area contributed by atoms with Crippen LogP contribution in [0.2, 0.25) is 0 Å². The lowest BCUT2D eigenvalue weighted by molar-refractivity contribution is -0.384. The first-order valence-corrected chi connectivity index (χ1v) is 5.50. The maximum Gasteiger partial charge on any atom is 0.292 e. The Morgan fingerprint density at radius 3 is 3.00 bits per heavy atom. The van der Waals surface area contributed by atoms with Crippen LogP contribution in [0.25, 0.3) is 0 Å². The van der Waals surface area contributed by atoms with Crippen molar-refractivity contribution >= 4 is 11.4 Å². The van der Waals surface area contributed by atoms with E-state index in [-0.39, 0.29) is 16.7 Å². The molecule has 1 heterocycles. The summed E-state index contributed by atoms with van der Waals surface area (Å²) in [5.74, 6) is 0.615. The van der Waals surface area contributed by atoms with Crippen molar-refractivity contribution in [3.05, 3.63) is 28.3 Å². The third-order valence-corrected chi connectivity index (χ3v) is 2.82. The molecule has 0 bridgehead atoms. The molecule has 0 spiro atoms. The number of ether oxygens (including phenoxy) is 1. The topological polar surface area (TPSA) is 76.4 Å². The molecule has 1 aromatic carbocycles. The third kappa shape index (κ3) is 2.65. The fraction of sp³-hybridized carbons (Fsp3) is 0.455. The smallest absolute Gasteiger partial charge is 0.292 e. The predicted molar refractivity (Wildman–Crippen MR) is 64.5 cm³/mol. The number of anilines is 1. The first-order valence-electron chi connectivity index (χ1n) is 5.50. The number of nitro benzene ring substituents is 1. The van der Waals surface area contributed by atoms with E-state index in [0.29, 0.717) is 11.4 Å². The molecule has 2 rings (SSSR count). The van der Waals surface area contributed by atoms with Crippen molar-refractivity contribution in [3.63, 3.8) is 0 Å². The normalized spacial score (nSPS) is 19.0. The minimum Gasteiger partial charge on any atom is -0.497 e. The maximum absolute atomic E-state index is 10.9. The Hall–Kier alpha value is -1.82. The van der Waals surface area contributed by atoms with E-state index in [1.165, 1.54) is 6.07 Å². The Labute approximate surface area is 99.1 Å². The molecular formula is C11H15N3O3. The summed E-state index contributed by atoms with van der Waals surface area (Å²) in [6, 6.07) is 4.96. The molecule has 6 heteroatoms. The lowest BCUT2D eigenvalue weighted by Gasteiger charge is -2.13. The van der Waals surface area contributed by atoms with Crippen molar-refractivity contribution in [1.29, 1.82) is 0 Å². The van der Waals surface area contributed by atoms with Crippen LogP contribution in [0.1, 0.15) is 6.42 Å². The second-order valence-electron chi connectivity index (χ2n) is 3.97. The Kier molecular flexibility index (Phi) is 3.43. The number of nitrogens with zero attached hydrogens (tertiary/aromatic N) is 1. The molecule has 0 amide bonds. The summed E-state index contributed by atoms with van der Waals surface area (Å²) in [7, 11) is 1.54. The van der Waals surface area contributed by atoms with Gasteiger partial charge in [-0.1, -0.05) is 0 Å². The summed E-state index contributed by atoms with van der Waals surface area (Å²) >= 11 is 0. The van der Waals surface area contributed by atoms with Gasteiger partial charge in [0.1, 0.15) is 11.4 Å². The van der Waals surface area contributed by atoms with Crippen molar-refractivity contribution < 1.29 is 9.66 Å². The largest absolute Gasteiger partial charge is 0.497 e. The summed E-state index contributed by atoms with van der Waals surface area (Å²) in [5, 5.41) is 17.3. The minimum absolute atomic E-state index is 0.0812. The van der Waals surface area contributed by atoms with Crippen molar-refractivity contribution in [2.45, 2.75) is 12.5 Å². The van der Waals surface area contributed by atoms with Gasteiger partial charge < -0.3 is 15.4 Å². The molecule has 1 aliphatic heterocycles. The molecule has 0 radical (unpaired) electrons. The van der Waals surface area contributed by atoms with Gasteiger partial charge in [0.15, 0.2) is 0 Å². The highest BCUT2D eigenvalue weighted by Crippen LogP contribution is 2.29. The van der Waals surface area contributed by atoms with E-state index < -0.39 is 0 Å². The summed E-state index contributed by atoms with van der Waals surface area (Å²) in [5.41, 5.74) is 0.598. The summed E-state index contributed by atoms with van der Waals surface area (Å²) < 4.78 is 5.08. The van der Waals surface area contributed by atoms with Crippen molar-refractivity contribution in [2.75, 3.05) is 25.5 Å². The lowest BCUT2D eigenvalue weighted by Crippen LogP contribution is -2.22. The molecule has 1 aromatic rings. The Morgan fingerprint density at radius 1 is 1.59 bits per heavy atom. The summed E-state index contributed by atoms with van der Waals surface area (Å²) in [6.07, 6.45) is 0.967. The molecule has 6 nitrogen and oxygen atoms in total. The highest BCUT2D eigenvalue weighted by atomic mass is 16.6. The number of hydrogen-bond acceptors (Lipinski definition) is 5. The van der Waals surface area contributed by atoms with E-state index in [1.807, 2.05) is 0 Å². The van der Waals surface area contributed by atoms with Gasteiger partial charge in [-0.3, -0.25) is 10.1 Å². The van der Waals surface area contributed by atoms with Crippen LogP contribution in [0, 0.1) is 10.1 Å². The average Bonchev–Trinajstić information content (AvgIpc) is 2.81. The predicted octanol–water partition coefficient (Wildman–Crippen LogP) is 1.38. The first kappa shape index (κ1) is 11.7. The zero-order valence-electron chi connectivity index (χ0n) is 9.60. The molecular weight excluding hydrogens is 222 g/mol. The third-order valence-electron chi connectivity index (χ3n) is 2.82. The second-order valence-corrected chi connectivity index (χ2v) is 3.97. The van der Waals surface area contributed by atoms with Crippen LogP contribution in [0.15, 0.2) is 18.2 Å². The standard InChI is InChI=1S/C11H15N3O3/c1-17-9-2-3-11(14(15)16)10(6-9)13-8-4-5-12-7-8/h2-3,6,8,12-13H,4-5,7H2,1H3. The monoisotopic (exact) mass is 237 g/mol. The average molecular weight is 237 g/mol. The van der Waals surface area contributed by atoms with Crippen molar-refractivity contribution in [1.82, 2.24) is 5.32 Å². The molecule has 1 saturated heterocycles. The van der Waals surface area contributed by atoms with Gasteiger partial charge in [-0.15, -0.1) is 0 Å². The molecule has 0 aromatic heterocycles. The Bertz CT molecular complexity index is 416. The fourth-order valence-corrected chi connectivity index (χ4v) is 1.91. The van der Waals surface area contributed by atoms with E-state index in [0.717, 1.165) is 19.5 Å². The molecule has 0 saturated carbocycles. The van der Waals surface area contributed by atoms with E-state index >= 15 is 0 Å². The van der Waals surface area contributed by atoms with Crippen LogP contribution in [0.4, 0.5) is 11.4 Å². The van der Waals surface area contributed by atoms with E-state index in [9.17, 15) is 10.1 Å². The molecule has 2 N–H and O–H groups in total. The van der Waals surface area contributed by atoms with Gasteiger partial charge in [-0.05, 0) is 19.0 Å². The highest BCUT2D eigenvalue weighted by molar-refractivity contribution is 5.64. The molecule has 92 valence electrons. The number of hydrogen-bond donors (Lipinski definition) is 2. The Balaban J connectivity index is 2.24. The van der Waals surface area contributed by atoms with E-state index in [2.05, 4.69) is 10.6 Å². The number of benzene rings is 1. The lowest BCUT2D eigenvalue weighted by atomic mass is 10.2. The number of methoxy groups -OCH3 is 1. The second kappa shape index (κ2) is 5.01. The minimum atomic E-state index is -0.385. The van der Waals surface area contributed by atoms with Crippen LogP contribution in [0.5, 0.6) is 5.75 Å².